The van der Waals surface area contributed by atoms with E-state index in [9.17, 15) is 10.1 Å². The molecule has 25 heavy (non-hydrogen) atoms. The lowest BCUT2D eigenvalue weighted by molar-refractivity contribution is -0.384. The van der Waals surface area contributed by atoms with Gasteiger partial charge in [-0.1, -0.05) is 25.5 Å². The normalized spacial score (nSPS) is 10.8. The van der Waals surface area contributed by atoms with Crippen molar-refractivity contribution in [1.82, 2.24) is 9.97 Å². The van der Waals surface area contributed by atoms with Crippen molar-refractivity contribution in [1.29, 1.82) is 0 Å². The topological polar surface area (TPSA) is 72.2 Å². The number of unbranched alkanes of at least 4 members (excludes halogenated alkanes) is 1. The minimum absolute atomic E-state index is 0.0600. The Kier molecular flexibility index (Phi) is 4.88. The first-order valence-electron chi connectivity index (χ1n) is 8.33. The zero-order valence-corrected chi connectivity index (χ0v) is 14.3. The van der Waals surface area contributed by atoms with Crippen LogP contribution >= 0.6 is 0 Å². The molecule has 0 bridgehead atoms. The highest BCUT2D eigenvalue weighted by Crippen LogP contribution is 2.28. The van der Waals surface area contributed by atoms with Gasteiger partial charge in [-0.3, -0.25) is 10.1 Å². The maximum atomic E-state index is 10.8. The van der Waals surface area contributed by atoms with E-state index in [0.29, 0.717) is 5.82 Å². The van der Waals surface area contributed by atoms with Crippen molar-refractivity contribution >= 4 is 22.4 Å². The Morgan fingerprint density at radius 2 is 1.80 bits per heavy atom. The Labute approximate surface area is 146 Å². The van der Waals surface area contributed by atoms with Gasteiger partial charge in [-0.25, -0.2) is 9.97 Å². The molecular formula is C19H20N4O2. The molecule has 0 radical (unpaired) electrons. The molecule has 0 fully saturated rings. The summed E-state index contributed by atoms with van der Waals surface area (Å²) in [7, 11) is 2.03. The SMILES string of the molecule is CCCCN(C)c1nc(-c2ccc([N+](=O)[O-])cc2)nc2ccccc12. The number of hydrogen-bond acceptors (Lipinski definition) is 5. The van der Waals surface area contributed by atoms with Gasteiger partial charge in [0.1, 0.15) is 5.82 Å². The van der Waals surface area contributed by atoms with Gasteiger partial charge in [0.15, 0.2) is 5.82 Å². The fraction of sp³-hybridized carbons (Fsp3) is 0.263. The van der Waals surface area contributed by atoms with Gasteiger partial charge in [0.05, 0.1) is 10.4 Å². The van der Waals surface area contributed by atoms with Gasteiger partial charge in [-0.2, -0.15) is 0 Å². The third-order valence-electron chi connectivity index (χ3n) is 4.13. The number of nitrogens with zero attached hydrogens (tertiary/aromatic N) is 4. The van der Waals surface area contributed by atoms with Crippen LogP contribution in [0.15, 0.2) is 48.5 Å². The fourth-order valence-electron chi connectivity index (χ4n) is 2.71. The number of non-ortho nitro benzene ring substituents is 1. The molecular weight excluding hydrogens is 316 g/mol. The second-order valence-electron chi connectivity index (χ2n) is 5.97. The summed E-state index contributed by atoms with van der Waals surface area (Å²) in [5.41, 5.74) is 1.69. The molecule has 6 nitrogen and oxygen atoms in total. The zero-order chi connectivity index (χ0) is 17.8. The number of nitro groups is 1. The molecule has 0 atom stereocenters. The van der Waals surface area contributed by atoms with Crippen LogP contribution < -0.4 is 4.90 Å². The fourth-order valence-corrected chi connectivity index (χ4v) is 2.71. The summed E-state index contributed by atoms with van der Waals surface area (Å²) in [6, 6.07) is 14.3. The maximum Gasteiger partial charge on any atom is 0.269 e. The zero-order valence-electron chi connectivity index (χ0n) is 14.3. The summed E-state index contributed by atoms with van der Waals surface area (Å²) < 4.78 is 0. The molecule has 0 aliphatic heterocycles. The molecule has 0 N–H and O–H groups in total. The smallest absolute Gasteiger partial charge is 0.269 e. The second kappa shape index (κ2) is 7.25. The lowest BCUT2D eigenvalue weighted by Gasteiger charge is -2.20. The third-order valence-corrected chi connectivity index (χ3v) is 4.13. The molecule has 128 valence electrons. The molecule has 0 saturated heterocycles. The number of benzene rings is 2. The molecule has 0 unspecified atom stereocenters. The Balaban J connectivity index is 2.08. The molecule has 3 rings (SSSR count). The maximum absolute atomic E-state index is 10.8. The van der Waals surface area contributed by atoms with Crippen LogP contribution in [0, 0.1) is 10.1 Å². The lowest BCUT2D eigenvalue weighted by atomic mass is 10.1. The van der Waals surface area contributed by atoms with Gasteiger partial charge in [-0.15, -0.1) is 0 Å². The Bertz CT molecular complexity index is 894. The summed E-state index contributed by atoms with van der Waals surface area (Å²) in [6.45, 7) is 3.07. The first-order chi connectivity index (χ1) is 12.1. The van der Waals surface area contributed by atoms with E-state index in [0.717, 1.165) is 41.7 Å². The molecule has 3 aromatic rings. The van der Waals surface area contributed by atoms with Crippen molar-refractivity contribution in [3.63, 3.8) is 0 Å². The van der Waals surface area contributed by atoms with Crippen LogP contribution in [0.4, 0.5) is 11.5 Å². The summed E-state index contributed by atoms with van der Waals surface area (Å²) in [4.78, 5) is 21.9. The third kappa shape index (κ3) is 3.57. The van der Waals surface area contributed by atoms with Gasteiger partial charge in [0.2, 0.25) is 0 Å². The van der Waals surface area contributed by atoms with Crippen LogP contribution in [0.1, 0.15) is 19.8 Å². The van der Waals surface area contributed by atoms with Crippen LogP contribution in [0.5, 0.6) is 0 Å². The monoisotopic (exact) mass is 336 g/mol. The van der Waals surface area contributed by atoms with Crippen molar-refractivity contribution in [3.8, 4) is 11.4 Å². The van der Waals surface area contributed by atoms with Gasteiger partial charge < -0.3 is 4.90 Å². The summed E-state index contributed by atoms with van der Waals surface area (Å²) in [5, 5.41) is 11.8. The predicted molar refractivity (Wildman–Crippen MR) is 99.8 cm³/mol. The van der Waals surface area contributed by atoms with Crippen LogP contribution in [0.2, 0.25) is 0 Å². The number of rotatable bonds is 6. The number of hydrogen-bond donors (Lipinski definition) is 0. The first kappa shape index (κ1) is 16.8. The van der Waals surface area contributed by atoms with Gasteiger partial charge >= 0.3 is 0 Å². The summed E-state index contributed by atoms with van der Waals surface area (Å²) in [6.07, 6.45) is 2.20. The standard InChI is InChI=1S/C19H20N4O2/c1-3-4-13-22(2)19-16-7-5-6-8-17(16)20-18(21-19)14-9-11-15(12-10-14)23(24)25/h5-12H,3-4,13H2,1-2H3. The van der Waals surface area contributed by atoms with E-state index in [-0.39, 0.29) is 5.69 Å². The number of aromatic nitrogens is 2. The summed E-state index contributed by atoms with van der Waals surface area (Å²) >= 11 is 0. The van der Waals surface area contributed by atoms with Crippen molar-refractivity contribution < 1.29 is 4.92 Å². The van der Waals surface area contributed by atoms with E-state index < -0.39 is 4.92 Å². The minimum Gasteiger partial charge on any atom is -0.359 e. The van der Waals surface area contributed by atoms with Gasteiger partial charge in [-0.05, 0) is 30.7 Å². The lowest BCUT2D eigenvalue weighted by Crippen LogP contribution is -2.20. The molecule has 2 aromatic carbocycles. The van der Waals surface area contributed by atoms with Crippen molar-refractivity contribution in [3.05, 3.63) is 58.6 Å². The largest absolute Gasteiger partial charge is 0.359 e. The highest BCUT2D eigenvalue weighted by Gasteiger charge is 2.13. The quantitative estimate of drug-likeness (QED) is 0.491. The van der Waals surface area contributed by atoms with Crippen molar-refractivity contribution in [2.75, 3.05) is 18.5 Å². The van der Waals surface area contributed by atoms with E-state index >= 15 is 0 Å². The molecule has 0 amide bonds. The van der Waals surface area contributed by atoms with Crippen LogP contribution in [0.25, 0.3) is 22.3 Å². The van der Waals surface area contributed by atoms with E-state index in [1.54, 1.807) is 12.1 Å². The average molecular weight is 336 g/mol. The van der Waals surface area contributed by atoms with Crippen LogP contribution in [-0.4, -0.2) is 28.5 Å². The van der Waals surface area contributed by atoms with E-state index in [1.807, 2.05) is 31.3 Å². The molecule has 0 aliphatic rings. The van der Waals surface area contributed by atoms with Gasteiger partial charge in [0, 0.05) is 36.7 Å². The Hall–Kier alpha value is -3.02. The minimum atomic E-state index is -0.408. The Morgan fingerprint density at radius 3 is 2.48 bits per heavy atom. The van der Waals surface area contributed by atoms with E-state index in [4.69, 9.17) is 4.98 Å². The van der Waals surface area contributed by atoms with E-state index in [1.165, 1.54) is 12.1 Å². The molecule has 1 aromatic heterocycles. The van der Waals surface area contributed by atoms with Crippen LogP contribution in [0.3, 0.4) is 0 Å². The number of para-hydroxylation sites is 1. The molecule has 6 heteroatoms. The molecule has 0 saturated carbocycles. The first-order valence-corrected chi connectivity index (χ1v) is 8.33. The number of anilines is 1. The summed E-state index contributed by atoms with van der Waals surface area (Å²) in [5.74, 6) is 1.46. The highest BCUT2D eigenvalue weighted by atomic mass is 16.6. The van der Waals surface area contributed by atoms with Crippen LogP contribution in [-0.2, 0) is 0 Å². The van der Waals surface area contributed by atoms with E-state index in [2.05, 4.69) is 16.8 Å². The number of nitro benzene ring substituents is 1. The molecule has 0 spiro atoms. The predicted octanol–water partition coefficient (Wildman–Crippen LogP) is 4.44. The highest BCUT2D eigenvalue weighted by molar-refractivity contribution is 5.91. The number of fused-ring (bicyclic) bond motifs is 1. The van der Waals surface area contributed by atoms with Crippen molar-refractivity contribution in [2.45, 2.75) is 19.8 Å². The molecule has 1 heterocycles. The Morgan fingerprint density at radius 1 is 1.08 bits per heavy atom. The second-order valence-corrected chi connectivity index (χ2v) is 5.97. The average Bonchev–Trinajstić information content (AvgIpc) is 2.65. The molecule has 0 aliphatic carbocycles. The van der Waals surface area contributed by atoms with Crippen molar-refractivity contribution in [2.24, 2.45) is 0 Å². The van der Waals surface area contributed by atoms with Gasteiger partial charge in [0.25, 0.3) is 5.69 Å².